The van der Waals surface area contributed by atoms with Crippen LogP contribution in [0.1, 0.15) is 44.2 Å². The van der Waals surface area contributed by atoms with E-state index in [-0.39, 0.29) is 0 Å². The van der Waals surface area contributed by atoms with Crippen LogP contribution in [0.5, 0.6) is 5.75 Å². The number of aromatic nitrogens is 1. The van der Waals surface area contributed by atoms with Crippen molar-refractivity contribution >= 4 is 0 Å². The van der Waals surface area contributed by atoms with Crippen molar-refractivity contribution in [2.45, 2.75) is 63.8 Å². The first kappa shape index (κ1) is 14.8. The van der Waals surface area contributed by atoms with Crippen molar-refractivity contribution in [3.05, 3.63) is 24.0 Å². The number of ether oxygens (including phenoxy) is 2. The third kappa shape index (κ3) is 4.17. The Kier molecular flexibility index (Phi) is 5.09. The zero-order valence-electron chi connectivity index (χ0n) is 12.9. The molecule has 1 aromatic rings. The molecule has 4 heteroatoms. The molecule has 3 rings (SSSR count). The number of hydrogen-bond acceptors (Lipinski definition) is 4. The SMILES string of the molecule is Cc1ncccc1OC1CCC(OC2CCNCC2)CC1. The normalized spacial score (nSPS) is 27.5. The lowest BCUT2D eigenvalue weighted by molar-refractivity contribution is -0.0549. The highest BCUT2D eigenvalue weighted by molar-refractivity contribution is 5.25. The van der Waals surface area contributed by atoms with E-state index in [4.69, 9.17) is 9.47 Å². The van der Waals surface area contributed by atoms with Crippen LogP contribution in [0.2, 0.25) is 0 Å². The van der Waals surface area contributed by atoms with Crippen molar-refractivity contribution in [3.63, 3.8) is 0 Å². The van der Waals surface area contributed by atoms with E-state index in [1.165, 1.54) is 0 Å². The zero-order valence-corrected chi connectivity index (χ0v) is 12.9. The van der Waals surface area contributed by atoms with Crippen LogP contribution in [0.3, 0.4) is 0 Å². The highest BCUT2D eigenvalue weighted by Crippen LogP contribution is 2.28. The lowest BCUT2D eigenvalue weighted by Gasteiger charge is -2.33. The fourth-order valence-corrected chi connectivity index (χ4v) is 3.26. The molecule has 21 heavy (non-hydrogen) atoms. The number of hydrogen-bond donors (Lipinski definition) is 1. The summed E-state index contributed by atoms with van der Waals surface area (Å²) in [5.74, 6) is 0.931. The second-order valence-electron chi connectivity index (χ2n) is 6.19. The summed E-state index contributed by atoms with van der Waals surface area (Å²) in [5.41, 5.74) is 0.977. The molecule has 1 aliphatic carbocycles. The number of nitrogens with zero attached hydrogens (tertiary/aromatic N) is 1. The van der Waals surface area contributed by atoms with E-state index in [0.29, 0.717) is 18.3 Å². The molecule has 4 nitrogen and oxygen atoms in total. The molecule has 0 aromatic carbocycles. The van der Waals surface area contributed by atoms with Gasteiger partial charge in [0.15, 0.2) is 0 Å². The van der Waals surface area contributed by atoms with Gasteiger partial charge in [-0.2, -0.15) is 0 Å². The molecule has 1 aliphatic heterocycles. The topological polar surface area (TPSA) is 43.4 Å². The molecule has 0 unspecified atom stereocenters. The van der Waals surface area contributed by atoms with Gasteiger partial charge in [-0.3, -0.25) is 4.98 Å². The van der Waals surface area contributed by atoms with Gasteiger partial charge in [-0.15, -0.1) is 0 Å². The second-order valence-corrected chi connectivity index (χ2v) is 6.19. The summed E-state index contributed by atoms with van der Waals surface area (Å²) in [6.07, 6.45) is 9.76. The average Bonchev–Trinajstić information content (AvgIpc) is 2.52. The third-order valence-corrected chi connectivity index (χ3v) is 4.54. The highest BCUT2D eigenvalue weighted by Gasteiger charge is 2.26. The molecule has 2 heterocycles. The van der Waals surface area contributed by atoms with Gasteiger partial charge in [-0.25, -0.2) is 0 Å². The van der Waals surface area contributed by atoms with Gasteiger partial charge >= 0.3 is 0 Å². The van der Waals surface area contributed by atoms with E-state index in [2.05, 4.69) is 10.3 Å². The van der Waals surface area contributed by atoms with Gasteiger partial charge in [-0.1, -0.05) is 0 Å². The fraction of sp³-hybridized carbons (Fsp3) is 0.706. The van der Waals surface area contributed by atoms with Gasteiger partial charge < -0.3 is 14.8 Å². The Morgan fingerprint density at radius 3 is 2.38 bits per heavy atom. The van der Waals surface area contributed by atoms with Crippen molar-refractivity contribution < 1.29 is 9.47 Å². The highest BCUT2D eigenvalue weighted by atomic mass is 16.5. The van der Waals surface area contributed by atoms with Gasteiger partial charge in [0.1, 0.15) is 5.75 Å². The number of rotatable bonds is 4. The maximum absolute atomic E-state index is 6.25. The summed E-state index contributed by atoms with van der Waals surface area (Å²) in [6.45, 7) is 4.20. The first-order chi connectivity index (χ1) is 10.3. The summed E-state index contributed by atoms with van der Waals surface area (Å²) in [7, 11) is 0. The lowest BCUT2D eigenvalue weighted by Crippen LogP contribution is -2.37. The van der Waals surface area contributed by atoms with Gasteiger partial charge in [0, 0.05) is 6.20 Å². The fourth-order valence-electron chi connectivity index (χ4n) is 3.26. The van der Waals surface area contributed by atoms with E-state index in [0.717, 1.165) is 63.1 Å². The smallest absolute Gasteiger partial charge is 0.140 e. The van der Waals surface area contributed by atoms with Crippen LogP contribution in [0, 0.1) is 6.92 Å². The lowest BCUT2D eigenvalue weighted by atomic mass is 9.94. The maximum Gasteiger partial charge on any atom is 0.140 e. The van der Waals surface area contributed by atoms with Crippen LogP contribution in [-0.2, 0) is 4.74 Å². The Balaban J connectivity index is 1.43. The summed E-state index contributed by atoms with van der Waals surface area (Å²) >= 11 is 0. The van der Waals surface area contributed by atoms with Crippen molar-refractivity contribution in [3.8, 4) is 5.75 Å². The van der Waals surface area contributed by atoms with Crippen LogP contribution in [0.4, 0.5) is 0 Å². The molecule has 0 bridgehead atoms. The molecule has 0 radical (unpaired) electrons. The number of aryl methyl sites for hydroxylation is 1. The molecular weight excluding hydrogens is 264 g/mol. The van der Waals surface area contributed by atoms with E-state index in [9.17, 15) is 0 Å². The molecular formula is C17H26N2O2. The summed E-state index contributed by atoms with van der Waals surface area (Å²) in [5, 5.41) is 3.39. The molecule has 2 fully saturated rings. The van der Waals surface area contributed by atoms with E-state index in [1.54, 1.807) is 0 Å². The minimum Gasteiger partial charge on any atom is -0.489 e. The van der Waals surface area contributed by atoms with Crippen LogP contribution in [0.15, 0.2) is 18.3 Å². The monoisotopic (exact) mass is 290 g/mol. The minimum absolute atomic E-state index is 0.320. The van der Waals surface area contributed by atoms with Gasteiger partial charge in [0.05, 0.1) is 24.0 Å². The molecule has 1 aromatic heterocycles. The first-order valence-corrected chi connectivity index (χ1v) is 8.25. The molecule has 1 saturated heterocycles. The maximum atomic E-state index is 6.25. The Hall–Kier alpha value is -1.13. The van der Waals surface area contributed by atoms with Crippen molar-refractivity contribution in [1.82, 2.24) is 10.3 Å². The van der Waals surface area contributed by atoms with E-state index in [1.807, 2.05) is 25.3 Å². The summed E-state index contributed by atoms with van der Waals surface area (Å²) < 4.78 is 12.3. The minimum atomic E-state index is 0.320. The Bertz CT molecular complexity index is 438. The van der Waals surface area contributed by atoms with Gasteiger partial charge in [0.25, 0.3) is 0 Å². The molecule has 0 spiro atoms. The summed E-state index contributed by atoms with van der Waals surface area (Å²) in [4.78, 5) is 4.28. The molecule has 1 N–H and O–H groups in total. The molecule has 0 atom stereocenters. The predicted octanol–water partition coefficient (Wildman–Crippen LogP) is 2.85. The number of nitrogens with one attached hydrogen (secondary N) is 1. The van der Waals surface area contributed by atoms with Crippen LogP contribution >= 0.6 is 0 Å². The molecule has 1 saturated carbocycles. The Labute approximate surface area is 127 Å². The third-order valence-electron chi connectivity index (χ3n) is 4.54. The molecule has 2 aliphatic rings. The van der Waals surface area contributed by atoms with Crippen LogP contribution in [0.25, 0.3) is 0 Å². The molecule has 116 valence electrons. The molecule has 0 amide bonds. The van der Waals surface area contributed by atoms with Crippen molar-refractivity contribution in [1.29, 1.82) is 0 Å². The number of piperidine rings is 1. The van der Waals surface area contributed by atoms with Crippen molar-refractivity contribution in [2.75, 3.05) is 13.1 Å². The van der Waals surface area contributed by atoms with E-state index >= 15 is 0 Å². The Morgan fingerprint density at radius 2 is 1.67 bits per heavy atom. The van der Waals surface area contributed by atoms with E-state index < -0.39 is 0 Å². The average molecular weight is 290 g/mol. The first-order valence-electron chi connectivity index (χ1n) is 8.25. The second kappa shape index (κ2) is 7.23. The van der Waals surface area contributed by atoms with Crippen LogP contribution in [-0.4, -0.2) is 36.4 Å². The predicted molar refractivity (Wildman–Crippen MR) is 82.6 cm³/mol. The van der Waals surface area contributed by atoms with Crippen molar-refractivity contribution in [2.24, 2.45) is 0 Å². The number of pyridine rings is 1. The standard InChI is InChI=1S/C17H26N2O2/c1-13-17(3-2-10-19-13)21-15-6-4-14(5-7-15)20-16-8-11-18-12-9-16/h2-3,10,14-16,18H,4-9,11-12H2,1H3. The Morgan fingerprint density at radius 1 is 1.00 bits per heavy atom. The summed E-state index contributed by atoms with van der Waals surface area (Å²) in [6, 6.07) is 3.95. The quantitative estimate of drug-likeness (QED) is 0.926. The zero-order chi connectivity index (χ0) is 14.5. The largest absolute Gasteiger partial charge is 0.489 e. The van der Waals surface area contributed by atoms with Crippen LogP contribution < -0.4 is 10.1 Å². The van der Waals surface area contributed by atoms with Gasteiger partial charge in [0.2, 0.25) is 0 Å². The van der Waals surface area contributed by atoms with Gasteiger partial charge in [-0.05, 0) is 70.7 Å².